The van der Waals surface area contributed by atoms with Crippen LogP contribution in [0.25, 0.3) is 0 Å². The third-order valence-electron chi connectivity index (χ3n) is 2.97. The average molecular weight is 240 g/mol. The Kier molecular flexibility index (Phi) is 4.66. The normalized spacial score (nSPS) is 21.2. The molecule has 0 spiro atoms. The third kappa shape index (κ3) is 3.54. The summed E-state index contributed by atoms with van der Waals surface area (Å²) in [6.07, 6.45) is 1.29. The summed E-state index contributed by atoms with van der Waals surface area (Å²) in [4.78, 5) is 34.5. The van der Waals surface area contributed by atoms with E-state index in [0.717, 1.165) is 0 Å². The highest BCUT2D eigenvalue weighted by Gasteiger charge is 2.30. The van der Waals surface area contributed by atoms with Crippen molar-refractivity contribution in [2.24, 2.45) is 5.92 Å². The summed E-state index contributed by atoms with van der Waals surface area (Å²) in [5.74, 6) is -0.273. The molecule has 5 heteroatoms. The van der Waals surface area contributed by atoms with Gasteiger partial charge in [0.05, 0.1) is 6.04 Å². The molecule has 2 unspecified atom stereocenters. The summed E-state index contributed by atoms with van der Waals surface area (Å²) in [5, 5.41) is 5.32. The van der Waals surface area contributed by atoms with E-state index in [-0.39, 0.29) is 23.5 Å². The first-order chi connectivity index (χ1) is 7.95. The monoisotopic (exact) mass is 240 g/mol. The van der Waals surface area contributed by atoms with Crippen LogP contribution in [0.1, 0.15) is 40.0 Å². The maximum atomic E-state index is 11.8. The van der Waals surface area contributed by atoms with Gasteiger partial charge in [-0.15, -0.1) is 0 Å². The van der Waals surface area contributed by atoms with E-state index in [1.807, 2.05) is 13.8 Å². The standard InChI is InChI=1S/C12H20N2O3/c1-4-9(15)11(7(2)3)14-12(17)8-5-6-10(16)13-8/h7-8,11H,4-6H2,1-3H3,(H,13,16)(H,14,17). The van der Waals surface area contributed by atoms with Crippen molar-refractivity contribution in [1.29, 1.82) is 0 Å². The molecule has 1 fully saturated rings. The molecule has 0 aromatic carbocycles. The lowest BCUT2D eigenvalue weighted by molar-refractivity contribution is -0.130. The summed E-state index contributed by atoms with van der Waals surface area (Å²) in [6.45, 7) is 5.57. The number of Topliss-reactive ketones (excluding diaryl/α,β-unsaturated/α-hetero) is 1. The fourth-order valence-electron chi connectivity index (χ4n) is 1.90. The number of ketones is 1. The fourth-order valence-corrected chi connectivity index (χ4v) is 1.90. The van der Waals surface area contributed by atoms with Crippen molar-refractivity contribution in [2.45, 2.75) is 52.1 Å². The third-order valence-corrected chi connectivity index (χ3v) is 2.97. The van der Waals surface area contributed by atoms with E-state index in [0.29, 0.717) is 19.3 Å². The first kappa shape index (κ1) is 13.7. The van der Waals surface area contributed by atoms with Crippen molar-refractivity contribution in [1.82, 2.24) is 10.6 Å². The van der Waals surface area contributed by atoms with E-state index < -0.39 is 12.1 Å². The molecule has 2 amide bonds. The second-order valence-electron chi connectivity index (χ2n) is 4.71. The molecule has 0 aliphatic carbocycles. The Morgan fingerprint density at radius 1 is 1.47 bits per heavy atom. The molecule has 5 nitrogen and oxygen atoms in total. The number of hydrogen-bond acceptors (Lipinski definition) is 3. The maximum Gasteiger partial charge on any atom is 0.243 e. The van der Waals surface area contributed by atoms with Gasteiger partial charge in [0.15, 0.2) is 5.78 Å². The van der Waals surface area contributed by atoms with Crippen molar-refractivity contribution in [3.8, 4) is 0 Å². The van der Waals surface area contributed by atoms with Crippen molar-refractivity contribution in [2.75, 3.05) is 0 Å². The number of carbonyl (C=O) groups excluding carboxylic acids is 3. The molecule has 1 aliphatic rings. The zero-order chi connectivity index (χ0) is 13.0. The lowest BCUT2D eigenvalue weighted by atomic mass is 9.98. The van der Waals surface area contributed by atoms with Gasteiger partial charge in [-0.1, -0.05) is 20.8 Å². The Hall–Kier alpha value is -1.39. The van der Waals surface area contributed by atoms with Crippen molar-refractivity contribution in [3.63, 3.8) is 0 Å². The molecule has 0 saturated carbocycles. The van der Waals surface area contributed by atoms with Gasteiger partial charge in [0, 0.05) is 12.8 Å². The average Bonchev–Trinajstić information content (AvgIpc) is 2.71. The molecular weight excluding hydrogens is 220 g/mol. The van der Waals surface area contributed by atoms with Crippen molar-refractivity contribution < 1.29 is 14.4 Å². The Labute approximate surface area is 101 Å². The molecule has 0 radical (unpaired) electrons. The molecule has 17 heavy (non-hydrogen) atoms. The maximum absolute atomic E-state index is 11.8. The smallest absolute Gasteiger partial charge is 0.243 e. The molecule has 1 aliphatic heterocycles. The fraction of sp³-hybridized carbons (Fsp3) is 0.750. The summed E-state index contributed by atoms with van der Waals surface area (Å²) < 4.78 is 0. The Balaban J connectivity index is 2.58. The van der Waals surface area contributed by atoms with Gasteiger partial charge in [0.25, 0.3) is 0 Å². The summed E-state index contributed by atoms with van der Waals surface area (Å²) in [7, 11) is 0. The molecule has 0 bridgehead atoms. The second kappa shape index (κ2) is 5.80. The first-order valence-electron chi connectivity index (χ1n) is 6.08. The largest absolute Gasteiger partial charge is 0.344 e. The summed E-state index contributed by atoms with van der Waals surface area (Å²) in [6, 6.07) is -0.932. The van der Waals surface area contributed by atoms with Gasteiger partial charge in [-0.05, 0) is 12.3 Å². The highest BCUT2D eigenvalue weighted by atomic mass is 16.2. The van der Waals surface area contributed by atoms with Crippen molar-refractivity contribution in [3.05, 3.63) is 0 Å². The van der Waals surface area contributed by atoms with Crippen LogP contribution in [0.4, 0.5) is 0 Å². The molecule has 2 atom stereocenters. The van der Waals surface area contributed by atoms with Crippen molar-refractivity contribution >= 4 is 17.6 Å². The number of hydrogen-bond donors (Lipinski definition) is 2. The van der Waals surface area contributed by atoms with Gasteiger partial charge < -0.3 is 10.6 Å². The lowest BCUT2D eigenvalue weighted by Crippen LogP contribution is -2.50. The Morgan fingerprint density at radius 3 is 2.53 bits per heavy atom. The van der Waals surface area contributed by atoms with Crippen LogP contribution in [-0.4, -0.2) is 29.7 Å². The van der Waals surface area contributed by atoms with Crippen LogP contribution < -0.4 is 10.6 Å². The van der Waals surface area contributed by atoms with Crippen LogP contribution in [0.5, 0.6) is 0 Å². The Morgan fingerprint density at radius 2 is 2.12 bits per heavy atom. The van der Waals surface area contributed by atoms with Gasteiger partial charge in [-0.2, -0.15) is 0 Å². The van der Waals surface area contributed by atoms with E-state index in [1.54, 1.807) is 6.92 Å². The van der Waals surface area contributed by atoms with Crippen LogP contribution in [0.15, 0.2) is 0 Å². The van der Waals surface area contributed by atoms with Crippen LogP contribution in [0, 0.1) is 5.92 Å². The number of rotatable bonds is 5. The molecule has 1 heterocycles. The molecule has 0 aromatic heterocycles. The van der Waals surface area contributed by atoms with Crippen LogP contribution in [0.2, 0.25) is 0 Å². The summed E-state index contributed by atoms with van der Waals surface area (Å²) in [5.41, 5.74) is 0. The Bertz CT molecular complexity index is 326. The molecule has 2 N–H and O–H groups in total. The number of carbonyl (C=O) groups is 3. The van der Waals surface area contributed by atoms with Gasteiger partial charge in [-0.25, -0.2) is 0 Å². The SMILES string of the molecule is CCC(=O)C(NC(=O)C1CCC(=O)N1)C(C)C. The summed E-state index contributed by atoms with van der Waals surface area (Å²) >= 11 is 0. The molecule has 1 saturated heterocycles. The lowest BCUT2D eigenvalue weighted by Gasteiger charge is -2.22. The van der Waals surface area contributed by atoms with Crippen LogP contribution in [0.3, 0.4) is 0 Å². The molecule has 1 rings (SSSR count). The first-order valence-corrected chi connectivity index (χ1v) is 6.08. The second-order valence-corrected chi connectivity index (χ2v) is 4.71. The minimum atomic E-state index is -0.478. The topological polar surface area (TPSA) is 75.3 Å². The van der Waals surface area contributed by atoms with Crippen LogP contribution in [-0.2, 0) is 14.4 Å². The molecular formula is C12H20N2O3. The zero-order valence-corrected chi connectivity index (χ0v) is 10.6. The van der Waals surface area contributed by atoms with Crippen LogP contribution >= 0.6 is 0 Å². The van der Waals surface area contributed by atoms with Gasteiger partial charge in [0.1, 0.15) is 6.04 Å². The van der Waals surface area contributed by atoms with E-state index >= 15 is 0 Å². The van der Waals surface area contributed by atoms with E-state index in [9.17, 15) is 14.4 Å². The minimum absolute atomic E-state index is 0.0256. The zero-order valence-electron chi connectivity index (χ0n) is 10.6. The molecule has 96 valence electrons. The van der Waals surface area contributed by atoms with Gasteiger partial charge in [-0.3, -0.25) is 14.4 Å². The predicted octanol–water partition coefficient (Wildman–Crippen LogP) is 0.385. The quantitative estimate of drug-likeness (QED) is 0.729. The predicted molar refractivity (Wildman–Crippen MR) is 63.2 cm³/mol. The minimum Gasteiger partial charge on any atom is -0.344 e. The van der Waals surface area contributed by atoms with Gasteiger partial charge >= 0.3 is 0 Å². The number of nitrogens with one attached hydrogen (secondary N) is 2. The number of amides is 2. The molecule has 0 aromatic rings. The highest BCUT2D eigenvalue weighted by molar-refractivity contribution is 5.94. The van der Waals surface area contributed by atoms with E-state index in [1.165, 1.54) is 0 Å². The van der Waals surface area contributed by atoms with Gasteiger partial charge in [0.2, 0.25) is 11.8 Å². The van der Waals surface area contributed by atoms with E-state index in [2.05, 4.69) is 10.6 Å². The highest BCUT2D eigenvalue weighted by Crippen LogP contribution is 2.10. The van der Waals surface area contributed by atoms with E-state index in [4.69, 9.17) is 0 Å².